The molecule has 10 heteroatoms. The van der Waals surface area contributed by atoms with Crippen LogP contribution in [0.1, 0.15) is 70.5 Å². The Bertz CT molecular complexity index is 1050. The molecule has 0 fully saturated rings. The predicted octanol–water partition coefficient (Wildman–Crippen LogP) is 3.19. The maximum absolute atomic E-state index is 12.4. The third kappa shape index (κ3) is 8.17. The maximum Gasteiger partial charge on any atom is 0.336 e. The molecule has 0 bridgehead atoms. The molecule has 35 heavy (non-hydrogen) atoms. The zero-order chi connectivity index (χ0) is 25.8. The summed E-state index contributed by atoms with van der Waals surface area (Å²) in [4.78, 5) is 36.5. The minimum absolute atomic E-state index is 0.0480. The molecule has 0 saturated heterocycles. The molecule has 0 aliphatic carbocycles. The van der Waals surface area contributed by atoms with E-state index in [1.807, 2.05) is 0 Å². The predicted molar refractivity (Wildman–Crippen MR) is 134 cm³/mol. The number of rotatable bonds is 15. The number of esters is 1. The van der Waals surface area contributed by atoms with E-state index in [1.165, 1.54) is 13.2 Å². The standard InChI is InChI=1S/C25H37N3O7/c1-4-5-6-12-28-20(29)9-8-13-33-25-23-18(14-19(27)24(25)32-3)17(15-22(31)35-23)16(2)34-21(30)10-7-11-26/h14-16H,4-13,26-27H2,1-3H3,(H,28,29). The lowest BCUT2D eigenvalue weighted by molar-refractivity contribution is -0.148. The molecule has 0 aliphatic rings. The Morgan fingerprint density at radius 2 is 1.89 bits per heavy atom. The van der Waals surface area contributed by atoms with E-state index in [2.05, 4.69) is 12.2 Å². The molecule has 0 saturated carbocycles. The van der Waals surface area contributed by atoms with Crippen molar-refractivity contribution in [1.29, 1.82) is 0 Å². The van der Waals surface area contributed by atoms with Gasteiger partial charge in [0.15, 0.2) is 11.3 Å². The Kier molecular flexibility index (Phi) is 11.4. The first-order valence-corrected chi connectivity index (χ1v) is 12.1. The summed E-state index contributed by atoms with van der Waals surface area (Å²) in [5.74, 6) is -0.0932. The molecule has 0 radical (unpaired) electrons. The van der Waals surface area contributed by atoms with Crippen molar-refractivity contribution in [3.63, 3.8) is 0 Å². The molecule has 1 aromatic carbocycles. The number of hydrogen-bond donors (Lipinski definition) is 3. The second-order valence-electron chi connectivity index (χ2n) is 8.26. The smallest absolute Gasteiger partial charge is 0.336 e. The van der Waals surface area contributed by atoms with Gasteiger partial charge in [-0.05, 0) is 38.8 Å². The Hall–Kier alpha value is -3.27. The van der Waals surface area contributed by atoms with Gasteiger partial charge < -0.3 is 35.4 Å². The summed E-state index contributed by atoms with van der Waals surface area (Å²) in [7, 11) is 1.43. The van der Waals surface area contributed by atoms with Gasteiger partial charge in [-0.1, -0.05) is 19.8 Å². The quantitative estimate of drug-likeness (QED) is 0.147. The monoisotopic (exact) mass is 491 g/mol. The summed E-state index contributed by atoms with van der Waals surface area (Å²) >= 11 is 0. The topological polar surface area (TPSA) is 156 Å². The first-order chi connectivity index (χ1) is 16.8. The Labute approximate surface area is 205 Å². The summed E-state index contributed by atoms with van der Waals surface area (Å²) < 4.78 is 22.2. The first-order valence-electron chi connectivity index (χ1n) is 12.1. The lowest BCUT2D eigenvalue weighted by Gasteiger charge is -2.18. The van der Waals surface area contributed by atoms with Crippen LogP contribution in [0.4, 0.5) is 5.69 Å². The fourth-order valence-corrected chi connectivity index (χ4v) is 3.64. The van der Waals surface area contributed by atoms with Crippen LogP contribution in [0.2, 0.25) is 0 Å². The normalized spacial score (nSPS) is 11.8. The van der Waals surface area contributed by atoms with Crippen molar-refractivity contribution in [1.82, 2.24) is 5.32 Å². The third-order valence-electron chi connectivity index (χ3n) is 5.44. The Morgan fingerprint density at radius 3 is 2.57 bits per heavy atom. The Balaban J connectivity index is 2.22. The van der Waals surface area contributed by atoms with Crippen LogP contribution in [0.3, 0.4) is 0 Å². The molecule has 1 unspecified atom stereocenters. The number of methoxy groups -OCH3 is 1. The number of nitrogens with one attached hydrogen (secondary N) is 1. The van der Waals surface area contributed by atoms with E-state index >= 15 is 0 Å². The molecular weight excluding hydrogens is 454 g/mol. The van der Waals surface area contributed by atoms with Gasteiger partial charge in [0.25, 0.3) is 0 Å². The SMILES string of the molecule is CCCCCNC(=O)CCCOc1c(OC)c(N)cc2c(C(C)OC(=O)CCCN)cc(=O)oc12. The zero-order valence-electron chi connectivity index (χ0n) is 20.8. The molecule has 1 aromatic heterocycles. The van der Waals surface area contributed by atoms with Crippen molar-refractivity contribution >= 4 is 28.5 Å². The second-order valence-corrected chi connectivity index (χ2v) is 8.26. The number of hydrogen-bond acceptors (Lipinski definition) is 9. The number of unbranched alkanes of at least 4 members (excludes halogenated alkanes) is 2. The van der Waals surface area contributed by atoms with Gasteiger partial charge in [0.2, 0.25) is 11.7 Å². The molecule has 1 amide bonds. The highest BCUT2D eigenvalue weighted by Gasteiger charge is 2.23. The van der Waals surface area contributed by atoms with Crippen LogP contribution < -0.4 is 31.9 Å². The van der Waals surface area contributed by atoms with E-state index in [-0.39, 0.29) is 41.7 Å². The number of nitrogen functional groups attached to an aromatic ring is 1. The van der Waals surface area contributed by atoms with Crippen molar-refractivity contribution < 1.29 is 28.2 Å². The molecule has 2 aromatic rings. The van der Waals surface area contributed by atoms with Crippen LogP contribution in [0.25, 0.3) is 11.0 Å². The largest absolute Gasteiger partial charge is 0.491 e. The van der Waals surface area contributed by atoms with E-state index in [1.54, 1.807) is 13.0 Å². The van der Waals surface area contributed by atoms with Crippen molar-refractivity contribution in [3.8, 4) is 11.5 Å². The van der Waals surface area contributed by atoms with E-state index < -0.39 is 17.7 Å². The third-order valence-corrected chi connectivity index (χ3v) is 5.44. The number of carbonyl (C=O) groups excluding carboxylic acids is 2. The van der Waals surface area contributed by atoms with Crippen molar-refractivity contribution in [2.75, 3.05) is 32.5 Å². The average Bonchev–Trinajstić information content (AvgIpc) is 2.82. The minimum Gasteiger partial charge on any atom is -0.491 e. The molecule has 1 atom stereocenters. The van der Waals surface area contributed by atoms with Crippen molar-refractivity contribution in [2.45, 2.75) is 64.9 Å². The van der Waals surface area contributed by atoms with Crippen molar-refractivity contribution in [2.24, 2.45) is 5.73 Å². The molecule has 194 valence electrons. The summed E-state index contributed by atoms with van der Waals surface area (Å²) in [6.07, 6.45) is 3.80. The first kappa shape index (κ1) is 28.0. The molecule has 0 aliphatic heterocycles. The Morgan fingerprint density at radius 1 is 1.11 bits per heavy atom. The fraction of sp³-hybridized carbons (Fsp3) is 0.560. The maximum atomic E-state index is 12.4. The van der Waals surface area contributed by atoms with E-state index in [0.29, 0.717) is 43.3 Å². The van der Waals surface area contributed by atoms with Gasteiger partial charge in [-0.3, -0.25) is 9.59 Å². The lowest BCUT2D eigenvalue weighted by Crippen LogP contribution is -2.24. The molecule has 10 nitrogen and oxygen atoms in total. The van der Waals surface area contributed by atoms with Crippen LogP contribution in [0.15, 0.2) is 21.3 Å². The van der Waals surface area contributed by atoms with Crippen LogP contribution in [-0.4, -0.2) is 38.7 Å². The molecule has 1 heterocycles. The van der Waals surface area contributed by atoms with Crippen LogP contribution >= 0.6 is 0 Å². The summed E-state index contributed by atoms with van der Waals surface area (Å²) in [6.45, 7) is 4.97. The molecule has 0 spiro atoms. The summed E-state index contributed by atoms with van der Waals surface area (Å²) in [6, 6.07) is 2.86. The number of ether oxygens (including phenoxy) is 3. The van der Waals surface area contributed by atoms with Crippen molar-refractivity contribution in [3.05, 3.63) is 28.1 Å². The van der Waals surface area contributed by atoms with E-state index in [4.69, 9.17) is 30.1 Å². The molecule has 5 N–H and O–H groups in total. The average molecular weight is 492 g/mol. The van der Waals surface area contributed by atoms with Crippen LogP contribution in [0, 0.1) is 0 Å². The number of fused-ring (bicyclic) bond motifs is 1. The minimum atomic E-state index is -0.732. The fourth-order valence-electron chi connectivity index (χ4n) is 3.64. The van der Waals surface area contributed by atoms with Gasteiger partial charge in [0.05, 0.1) is 19.4 Å². The van der Waals surface area contributed by atoms with Gasteiger partial charge >= 0.3 is 11.6 Å². The van der Waals surface area contributed by atoms with E-state index in [9.17, 15) is 14.4 Å². The second kappa shape index (κ2) is 14.2. The van der Waals surface area contributed by atoms with Crippen LogP contribution in [-0.2, 0) is 14.3 Å². The number of benzene rings is 1. The van der Waals surface area contributed by atoms with Gasteiger partial charge in [-0.15, -0.1) is 0 Å². The highest BCUT2D eigenvalue weighted by Crippen LogP contribution is 2.42. The van der Waals surface area contributed by atoms with Crippen LogP contribution in [0.5, 0.6) is 11.5 Å². The zero-order valence-corrected chi connectivity index (χ0v) is 20.8. The van der Waals surface area contributed by atoms with Gasteiger partial charge in [-0.25, -0.2) is 4.79 Å². The molecule has 2 rings (SSSR count). The highest BCUT2D eigenvalue weighted by molar-refractivity contribution is 5.93. The van der Waals surface area contributed by atoms with Gasteiger partial charge in [0.1, 0.15) is 6.10 Å². The van der Waals surface area contributed by atoms with E-state index in [0.717, 1.165) is 19.3 Å². The number of carbonyl (C=O) groups is 2. The number of amides is 1. The lowest BCUT2D eigenvalue weighted by atomic mass is 10.0. The van der Waals surface area contributed by atoms with Gasteiger partial charge in [0, 0.05) is 36.4 Å². The highest BCUT2D eigenvalue weighted by atomic mass is 16.5. The summed E-state index contributed by atoms with van der Waals surface area (Å²) in [5.41, 5.74) is 11.8. The van der Waals surface area contributed by atoms with Gasteiger partial charge in [-0.2, -0.15) is 0 Å². The number of nitrogens with two attached hydrogens (primary N) is 2. The molecular formula is C25H37N3O7. The number of anilines is 1. The summed E-state index contributed by atoms with van der Waals surface area (Å²) in [5, 5.41) is 3.35.